The number of Topliss-reactive ketones (excluding diaryl/α,β-unsaturated/α-hetero) is 1. The molecule has 0 radical (unpaired) electrons. The van der Waals surface area contributed by atoms with Gasteiger partial charge in [0.25, 0.3) is 11.8 Å². The second kappa shape index (κ2) is 42.3. The fourth-order valence-electron chi connectivity index (χ4n) is 13.9. The Balaban J connectivity index is 0.000000190. The number of aliphatic hydroxyl groups excluding tert-OH is 1. The number of pyridine rings is 3. The number of nitrogens with one attached hydrogen (secondary N) is 5. The minimum atomic E-state index is -1.17. The van der Waals surface area contributed by atoms with Crippen LogP contribution < -0.4 is 40.8 Å². The van der Waals surface area contributed by atoms with Crippen LogP contribution in [0.1, 0.15) is 223 Å². The predicted octanol–water partition coefficient (Wildman–Crippen LogP) is 13.0. The number of ketones is 1. The van der Waals surface area contributed by atoms with Crippen LogP contribution in [0.25, 0.3) is 0 Å². The first-order chi connectivity index (χ1) is 57.4. The number of esters is 2. The first-order valence-corrected chi connectivity index (χ1v) is 40.4. The second-order valence-electron chi connectivity index (χ2n) is 31.3. The SMILES string of the molecule is CCOC(=O)C[C@H](CC(=O)c1cn(Cc2cc3c(nc2C)NCCC3)nc1COC(C)(C)C)c1ccc(OC)c(F)c1.CCOC(=O)C[C@H](NC(=O)c1cn(CCc2ccc3c(n2)NCCC3)nc1COC(C)(C)C)c1ccc(OC)c(F)c1.COc1ccc([C@H](CC(=O)O)NC(=O)c2cn(CCc3ccc4c(n3)NCCC4)nc2CO)cc1F. The van der Waals surface area contributed by atoms with Crippen molar-refractivity contribution in [2.75, 3.05) is 70.1 Å². The Hall–Kier alpha value is -11.8. The number of aryl methyl sites for hydroxylation is 8. The minimum Gasteiger partial charge on any atom is -0.494 e. The summed E-state index contributed by atoms with van der Waals surface area (Å²) in [6, 6.07) is 21.3. The van der Waals surface area contributed by atoms with Gasteiger partial charge >= 0.3 is 17.9 Å². The maximum Gasteiger partial charge on any atom is 0.308 e. The van der Waals surface area contributed by atoms with E-state index in [1.54, 1.807) is 52.4 Å². The van der Waals surface area contributed by atoms with E-state index >= 15 is 0 Å². The third-order valence-corrected chi connectivity index (χ3v) is 20.1. The van der Waals surface area contributed by atoms with E-state index in [1.165, 1.54) is 80.6 Å². The molecule has 29 nitrogen and oxygen atoms in total. The summed E-state index contributed by atoms with van der Waals surface area (Å²) >= 11 is 0. The molecule has 2 amide bonds. The number of amides is 2. The van der Waals surface area contributed by atoms with Gasteiger partial charge in [0.2, 0.25) is 0 Å². The zero-order valence-electron chi connectivity index (χ0n) is 70.2. The van der Waals surface area contributed by atoms with Gasteiger partial charge in [-0.1, -0.05) is 30.3 Å². The van der Waals surface area contributed by atoms with Crippen molar-refractivity contribution in [3.63, 3.8) is 0 Å². The van der Waals surface area contributed by atoms with Crippen LogP contribution in [-0.2, 0) is 105 Å². The first kappa shape index (κ1) is 90.6. The number of methoxy groups -OCH3 is 3. The fourth-order valence-corrected chi connectivity index (χ4v) is 13.9. The Labute approximate surface area is 696 Å². The molecule has 7 N–H and O–H groups in total. The van der Waals surface area contributed by atoms with Crippen molar-refractivity contribution in [3.8, 4) is 17.2 Å². The highest BCUT2D eigenvalue weighted by molar-refractivity contribution is 5.98. The average Bonchev–Trinajstić information content (AvgIpc) is 1.65. The monoisotopic (exact) mass is 1660 g/mol. The van der Waals surface area contributed by atoms with Gasteiger partial charge in [-0.2, -0.15) is 15.3 Å². The minimum absolute atomic E-state index is 0.00666. The number of hydrogen-bond acceptors (Lipinski definition) is 23. The first-order valence-electron chi connectivity index (χ1n) is 40.4. The molecular formula is C88H109F3N14O15. The molecule has 642 valence electrons. The van der Waals surface area contributed by atoms with E-state index in [2.05, 4.69) is 60.0 Å². The number of hydrogen-bond donors (Lipinski definition) is 7. The Morgan fingerprint density at radius 2 is 0.942 bits per heavy atom. The number of carbonyl (C=O) groups is 6. The maximum atomic E-state index is 14.6. The molecule has 3 aliphatic rings. The highest BCUT2D eigenvalue weighted by Crippen LogP contribution is 2.34. The molecule has 32 heteroatoms. The molecule has 0 saturated carbocycles. The van der Waals surface area contributed by atoms with Gasteiger partial charge in [-0.15, -0.1) is 0 Å². The van der Waals surface area contributed by atoms with Gasteiger partial charge < -0.3 is 70.0 Å². The topological polar surface area (TPSA) is 360 Å². The molecule has 12 rings (SSSR count). The van der Waals surface area contributed by atoms with Gasteiger partial charge in [-0.05, 0) is 194 Å². The van der Waals surface area contributed by atoms with Gasteiger partial charge in [-0.25, -0.2) is 28.1 Å². The predicted molar refractivity (Wildman–Crippen MR) is 442 cm³/mol. The third-order valence-electron chi connectivity index (χ3n) is 20.1. The largest absolute Gasteiger partial charge is 0.494 e. The lowest BCUT2D eigenvalue weighted by atomic mass is 9.89. The van der Waals surface area contributed by atoms with Crippen LogP contribution in [0.15, 0.2) is 104 Å². The lowest BCUT2D eigenvalue weighted by Gasteiger charge is -2.20. The third kappa shape index (κ3) is 25.6. The van der Waals surface area contributed by atoms with Gasteiger partial charge in [0.05, 0.1) is 126 Å². The lowest BCUT2D eigenvalue weighted by Crippen LogP contribution is -2.31. The number of carboxylic acids is 1. The van der Waals surface area contributed by atoms with Crippen molar-refractivity contribution < 1.29 is 85.3 Å². The summed E-state index contributed by atoms with van der Waals surface area (Å²) in [5.74, 6) is -2.96. The van der Waals surface area contributed by atoms with E-state index in [9.17, 15) is 52.2 Å². The standard InChI is InChI=1S/C32H41FN4O5.C31H40FN5O5.C25H28FN5O5/c1-7-41-30(39)16-23(21-10-11-29(40-6)26(33)14-21)15-28(38)25-18-37(36-27(25)19-42-32(3,4)5)17-24-13-22-9-8-12-34-31(22)35-20(24)2;1-6-41-28(38)17-25(21-10-12-27(40-5)24(32)16-21)35-30(39)23-18-37(36-26(23)19-42-31(2,3)4)15-13-22-11-9-20-8-7-14-33-29(20)34-22;1-36-22-7-5-16(11-19(22)26)20(12-23(33)34)29-25(35)18-13-31(30-21(18)14-32)10-8-17-6-4-15-3-2-9-27-24(15)28-17/h10-11,13-14,18,23H,7-9,12,15-17,19H2,1-6H3,(H,34,35);9-12,16,18,25H,6-8,13-15,17,19H2,1-5H3,(H,33,34)(H,35,39);4-7,11,13,20,32H,2-3,8-10,12,14H2,1H3,(H,27,28)(H,29,35)(H,33,34)/t23-;25-;20-/m000/s1. The molecule has 0 unspecified atom stereocenters. The molecule has 3 aliphatic heterocycles. The summed E-state index contributed by atoms with van der Waals surface area (Å²) in [6.45, 7) is 21.3. The average molecular weight is 1660 g/mol. The number of aliphatic hydroxyl groups is 1. The van der Waals surface area contributed by atoms with Crippen molar-refractivity contribution in [1.82, 2.24) is 54.9 Å². The maximum absolute atomic E-state index is 14.6. The van der Waals surface area contributed by atoms with Crippen LogP contribution >= 0.6 is 0 Å². The van der Waals surface area contributed by atoms with E-state index in [-0.39, 0.29) is 85.5 Å². The number of aromatic nitrogens is 9. The molecule has 120 heavy (non-hydrogen) atoms. The van der Waals surface area contributed by atoms with Crippen LogP contribution in [0.4, 0.5) is 30.6 Å². The number of carbonyl (C=O) groups excluding carboxylic acids is 5. The fraction of sp³-hybridized carbons (Fsp3) is 0.455. The number of ether oxygens (including phenoxy) is 7. The molecule has 0 fully saturated rings. The highest BCUT2D eigenvalue weighted by Gasteiger charge is 2.31. The molecule has 6 aromatic heterocycles. The van der Waals surface area contributed by atoms with E-state index in [0.717, 1.165) is 104 Å². The number of benzene rings is 3. The second-order valence-corrected chi connectivity index (χ2v) is 31.3. The Morgan fingerprint density at radius 1 is 0.517 bits per heavy atom. The van der Waals surface area contributed by atoms with Crippen LogP contribution in [0.5, 0.6) is 17.2 Å². The Morgan fingerprint density at radius 3 is 1.41 bits per heavy atom. The van der Waals surface area contributed by atoms with Gasteiger partial charge in [0.15, 0.2) is 40.5 Å². The van der Waals surface area contributed by atoms with Crippen LogP contribution in [0.2, 0.25) is 0 Å². The summed E-state index contributed by atoms with van der Waals surface area (Å²) in [6.07, 6.45) is 11.6. The number of fused-ring (bicyclic) bond motifs is 3. The molecular weight excluding hydrogens is 1550 g/mol. The summed E-state index contributed by atoms with van der Waals surface area (Å²) < 4.78 is 85.6. The molecule has 3 aromatic carbocycles. The number of aliphatic carboxylic acids is 1. The summed E-state index contributed by atoms with van der Waals surface area (Å²) in [5, 5.41) is 48.3. The molecule has 0 aliphatic carbocycles. The Kier molecular flexibility index (Phi) is 31.9. The van der Waals surface area contributed by atoms with E-state index in [4.69, 9.17) is 48.2 Å². The molecule has 0 spiro atoms. The summed E-state index contributed by atoms with van der Waals surface area (Å²) in [7, 11) is 4.07. The zero-order chi connectivity index (χ0) is 86.4. The molecule has 0 saturated heterocycles. The Bertz CT molecular complexity index is 5070. The van der Waals surface area contributed by atoms with Crippen molar-refractivity contribution in [3.05, 3.63) is 211 Å². The smallest absolute Gasteiger partial charge is 0.308 e. The van der Waals surface area contributed by atoms with Crippen LogP contribution in [0.3, 0.4) is 0 Å². The normalized spacial score (nSPS) is 13.6. The van der Waals surface area contributed by atoms with Crippen molar-refractivity contribution >= 4 is 53.0 Å². The van der Waals surface area contributed by atoms with Gasteiger partial charge in [0, 0.05) is 93.6 Å². The van der Waals surface area contributed by atoms with Crippen molar-refractivity contribution in [2.45, 2.75) is 208 Å². The van der Waals surface area contributed by atoms with E-state index in [1.807, 2.05) is 60.6 Å². The van der Waals surface area contributed by atoms with Crippen molar-refractivity contribution in [1.29, 1.82) is 0 Å². The summed E-state index contributed by atoms with van der Waals surface area (Å²) in [4.78, 5) is 91.0. The van der Waals surface area contributed by atoms with Crippen molar-refractivity contribution in [2.24, 2.45) is 0 Å². The number of anilines is 3. The molecule has 3 atom stereocenters. The summed E-state index contributed by atoms with van der Waals surface area (Å²) in [5.41, 5.74) is 9.56. The van der Waals surface area contributed by atoms with Gasteiger partial charge in [-0.3, -0.25) is 42.8 Å². The number of halogens is 3. The number of nitrogens with zero attached hydrogens (tertiary/aromatic N) is 9. The van der Waals surface area contributed by atoms with E-state index in [0.29, 0.717) is 66.1 Å². The van der Waals surface area contributed by atoms with E-state index < -0.39 is 89.4 Å². The molecule has 9 heterocycles. The number of carboxylic acid groups (broad SMARTS) is 1. The molecule has 0 bridgehead atoms. The zero-order valence-corrected chi connectivity index (χ0v) is 70.2. The van der Waals surface area contributed by atoms with Gasteiger partial charge in [0.1, 0.15) is 28.8 Å². The number of rotatable bonds is 34. The lowest BCUT2D eigenvalue weighted by molar-refractivity contribution is -0.144. The highest BCUT2D eigenvalue weighted by atomic mass is 19.1. The molecule has 9 aromatic rings. The van der Waals surface area contributed by atoms with Crippen LogP contribution in [0, 0.1) is 24.4 Å². The quantitative estimate of drug-likeness (QED) is 0.0145. The van der Waals surface area contributed by atoms with Crippen LogP contribution in [-0.4, -0.2) is 155 Å².